The first-order chi connectivity index (χ1) is 13.8. The second-order valence-corrected chi connectivity index (χ2v) is 7.88. The standard InChI is InChI=1S/C25H26FNO2/c1-25(2,3)20-8-12-22(13-9-20)27-16-19-7-14-23(24(15-19)28-4)29-17-18-5-10-21(26)11-6-18/h5-16H,17H2,1-4H3. The van der Waals surface area contributed by atoms with Crippen LogP contribution in [0.3, 0.4) is 0 Å². The molecule has 0 bridgehead atoms. The SMILES string of the molecule is COc1cc(C=Nc2ccc(C(C)(C)C)cc2)ccc1OCc1ccc(F)cc1. The first-order valence-electron chi connectivity index (χ1n) is 9.55. The number of benzene rings is 3. The first-order valence-corrected chi connectivity index (χ1v) is 9.55. The van der Waals surface area contributed by atoms with Gasteiger partial charge in [0.25, 0.3) is 0 Å². The number of rotatable bonds is 6. The lowest BCUT2D eigenvalue weighted by Gasteiger charge is -2.18. The second kappa shape index (κ2) is 8.91. The number of methoxy groups -OCH3 is 1. The summed E-state index contributed by atoms with van der Waals surface area (Å²) in [4.78, 5) is 4.55. The van der Waals surface area contributed by atoms with Gasteiger partial charge in [-0.3, -0.25) is 4.99 Å². The summed E-state index contributed by atoms with van der Waals surface area (Å²) in [5.74, 6) is 0.991. The topological polar surface area (TPSA) is 30.8 Å². The molecule has 3 nitrogen and oxygen atoms in total. The van der Waals surface area contributed by atoms with Gasteiger partial charge in [-0.25, -0.2) is 4.39 Å². The van der Waals surface area contributed by atoms with Gasteiger partial charge in [-0.1, -0.05) is 45.0 Å². The lowest BCUT2D eigenvalue weighted by atomic mass is 9.87. The fourth-order valence-corrected chi connectivity index (χ4v) is 2.82. The van der Waals surface area contributed by atoms with Crippen LogP contribution in [0.25, 0.3) is 0 Å². The van der Waals surface area contributed by atoms with E-state index < -0.39 is 0 Å². The summed E-state index contributed by atoms with van der Waals surface area (Å²) >= 11 is 0. The predicted octanol–water partition coefficient (Wildman–Crippen LogP) is 6.46. The molecule has 0 heterocycles. The van der Waals surface area contributed by atoms with E-state index in [1.54, 1.807) is 25.5 Å². The Morgan fingerprint density at radius 3 is 2.21 bits per heavy atom. The van der Waals surface area contributed by atoms with Crippen molar-refractivity contribution < 1.29 is 13.9 Å². The number of hydrogen-bond donors (Lipinski definition) is 0. The number of aliphatic imine (C=N–C) groups is 1. The third-order valence-corrected chi connectivity index (χ3v) is 4.59. The average Bonchev–Trinajstić information content (AvgIpc) is 2.71. The van der Waals surface area contributed by atoms with Crippen LogP contribution in [-0.4, -0.2) is 13.3 Å². The number of halogens is 1. The van der Waals surface area contributed by atoms with E-state index in [-0.39, 0.29) is 11.2 Å². The third kappa shape index (κ3) is 5.67. The molecule has 0 aliphatic carbocycles. The lowest BCUT2D eigenvalue weighted by molar-refractivity contribution is 0.284. The van der Waals surface area contributed by atoms with Crippen LogP contribution in [0.2, 0.25) is 0 Å². The van der Waals surface area contributed by atoms with Crippen LogP contribution in [-0.2, 0) is 12.0 Å². The largest absolute Gasteiger partial charge is 0.493 e. The molecule has 0 aliphatic rings. The maximum atomic E-state index is 13.0. The van der Waals surface area contributed by atoms with Crippen LogP contribution >= 0.6 is 0 Å². The fraction of sp³-hybridized carbons (Fsp3) is 0.240. The molecule has 0 fully saturated rings. The van der Waals surface area contributed by atoms with Crippen LogP contribution in [0.1, 0.15) is 37.5 Å². The summed E-state index contributed by atoms with van der Waals surface area (Å²) in [7, 11) is 1.60. The van der Waals surface area contributed by atoms with Crippen molar-refractivity contribution >= 4 is 11.9 Å². The average molecular weight is 391 g/mol. The normalized spacial score (nSPS) is 11.6. The van der Waals surface area contributed by atoms with E-state index in [4.69, 9.17) is 9.47 Å². The molecule has 3 aromatic carbocycles. The Bertz CT molecular complexity index is 971. The quantitative estimate of drug-likeness (QED) is 0.451. The Kier molecular flexibility index (Phi) is 6.32. The molecule has 29 heavy (non-hydrogen) atoms. The van der Waals surface area contributed by atoms with Crippen molar-refractivity contribution in [3.8, 4) is 11.5 Å². The maximum Gasteiger partial charge on any atom is 0.161 e. The second-order valence-electron chi connectivity index (χ2n) is 7.88. The highest BCUT2D eigenvalue weighted by Crippen LogP contribution is 2.29. The van der Waals surface area contributed by atoms with Crippen LogP contribution in [0, 0.1) is 5.82 Å². The highest BCUT2D eigenvalue weighted by Gasteiger charge is 2.12. The molecule has 0 aromatic heterocycles. The summed E-state index contributed by atoms with van der Waals surface area (Å²) in [6.07, 6.45) is 1.80. The van der Waals surface area contributed by atoms with Gasteiger partial charge in [0.15, 0.2) is 11.5 Å². The summed E-state index contributed by atoms with van der Waals surface area (Å²) < 4.78 is 24.3. The van der Waals surface area contributed by atoms with E-state index >= 15 is 0 Å². The van der Waals surface area contributed by atoms with Crippen LogP contribution in [0.4, 0.5) is 10.1 Å². The van der Waals surface area contributed by atoms with Crippen LogP contribution in [0.15, 0.2) is 71.7 Å². The summed E-state index contributed by atoms with van der Waals surface area (Å²) in [6.45, 7) is 6.91. The van der Waals surface area contributed by atoms with Crippen molar-refractivity contribution in [2.75, 3.05) is 7.11 Å². The van der Waals surface area contributed by atoms with Gasteiger partial charge in [0.1, 0.15) is 12.4 Å². The zero-order valence-corrected chi connectivity index (χ0v) is 17.3. The third-order valence-electron chi connectivity index (χ3n) is 4.59. The van der Waals surface area contributed by atoms with E-state index in [0.29, 0.717) is 18.1 Å². The van der Waals surface area contributed by atoms with Crippen molar-refractivity contribution in [1.82, 2.24) is 0 Å². The minimum Gasteiger partial charge on any atom is -0.493 e. The van der Waals surface area contributed by atoms with Crippen LogP contribution < -0.4 is 9.47 Å². The monoisotopic (exact) mass is 391 g/mol. The van der Waals surface area contributed by atoms with E-state index in [1.165, 1.54) is 17.7 Å². The van der Waals surface area contributed by atoms with E-state index in [1.807, 2.05) is 30.3 Å². The van der Waals surface area contributed by atoms with Crippen molar-refractivity contribution in [2.24, 2.45) is 4.99 Å². The van der Waals surface area contributed by atoms with Gasteiger partial charge in [0.2, 0.25) is 0 Å². The highest BCUT2D eigenvalue weighted by atomic mass is 19.1. The van der Waals surface area contributed by atoms with Crippen molar-refractivity contribution in [3.05, 3.63) is 89.2 Å². The van der Waals surface area contributed by atoms with Gasteiger partial charge in [-0.05, 0) is 64.6 Å². The lowest BCUT2D eigenvalue weighted by Crippen LogP contribution is -2.10. The Hall–Kier alpha value is -3.14. The Balaban J connectivity index is 1.69. The van der Waals surface area contributed by atoms with Gasteiger partial charge in [0.05, 0.1) is 12.8 Å². The van der Waals surface area contributed by atoms with E-state index in [9.17, 15) is 4.39 Å². The van der Waals surface area contributed by atoms with Gasteiger partial charge < -0.3 is 9.47 Å². The molecule has 150 valence electrons. The zero-order chi connectivity index (χ0) is 20.9. The minimum atomic E-state index is -0.261. The molecular weight excluding hydrogens is 365 g/mol. The first kappa shape index (κ1) is 20.6. The molecule has 0 saturated heterocycles. The molecule has 0 unspecified atom stereocenters. The van der Waals surface area contributed by atoms with E-state index in [0.717, 1.165) is 16.8 Å². The Labute approximate surface area is 171 Å². The molecule has 4 heteroatoms. The summed E-state index contributed by atoms with van der Waals surface area (Å²) in [5.41, 5.74) is 4.10. The van der Waals surface area contributed by atoms with Gasteiger partial charge >= 0.3 is 0 Å². The molecule has 0 saturated carbocycles. The van der Waals surface area contributed by atoms with Gasteiger partial charge in [-0.2, -0.15) is 0 Å². The molecule has 0 N–H and O–H groups in total. The smallest absolute Gasteiger partial charge is 0.161 e. The molecule has 0 aliphatic heterocycles. The fourth-order valence-electron chi connectivity index (χ4n) is 2.82. The number of nitrogens with zero attached hydrogens (tertiary/aromatic N) is 1. The highest BCUT2D eigenvalue weighted by molar-refractivity contribution is 5.83. The van der Waals surface area contributed by atoms with Crippen molar-refractivity contribution in [1.29, 1.82) is 0 Å². The van der Waals surface area contributed by atoms with Gasteiger partial charge in [-0.15, -0.1) is 0 Å². The van der Waals surface area contributed by atoms with Gasteiger partial charge in [0, 0.05) is 6.21 Å². The minimum absolute atomic E-state index is 0.124. The molecule has 0 amide bonds. The Morgan fingerprint density at radius 2 is 1.59 bits per heavy atom. The van der Waals surface area contributed by atoms with Crippen molar-refractivity contribution in [3.63, 3.8) is 0 Å². The molecular formula is C25H26FNO2. The molecule has 3 rings (SSSR count). The molecule has 0 radical (unpaired) electrons. The van der Waals surface area contributed by atoms with E-state index in [2.05, 4.69) is 37.9 Å². The van der Waals surface area contributed by atoms with Crippen molar-refractivity contribution in [2.45, 2.75) is 32.8 Å². The maximum absolute atomic E-state index is 13.0. The zero-order valence-electron chi connectivity index (χ0n) is 17.3. The summed E-state index contributed by atoms with van der Waals surface area (Å²) in [5, 5.41) is 0. The summed E-state index contributed by atoms with van der Waals surface area (Å²) in [6, 6.07) is 20.2. The number of hydrogen-bond acceptors (Lipinski definition) is 3. The Morgan fingerprint density at radius 1 is 0.897 bits per heavy atom. The molecule has 0 atom stereocenters. The van der Waals surface area contributed by atoms with Crippen LogP contribution in [0.5, 0.6) is 11.5 Å². The molecule has 3 aromatic rings. The number of ether oxygens (including phenoxy) is 2. The molecule has 0 spiro atoms. The predicted molar refractivity (Wildman–Crippen MR) is 116 cm³/mol.